The van der Waals surface area contributed by atoms with Crippen LogP contribution in [0, 0.1) is 0 Å². The molecule has 0 fully saturated rings. The molecule has 1 aliphatic rings. The molecule has 3 rings (SSSR count). The van der Waals surface area contributed by atoms with E-state index in [-0.39, 0.29) is 5.78 Å². The van der Waals surface area contributed by atoms with Crippen molar-refractivity contribution in [2.24, 2.45) is 0 Å². The van der Waals surface area contributed by atoms with Crippen LogP contribution in [-0.2, 0) is 4.79 Å². The number of rotatable bonds is 3. The Morgan fingerprint density at radius 3 is 2.14 bits per heavy atom. The van der Waals surface area contributed by atoms with E-state index in [9.17, 15) is 14.7 Å². The Balaban J connectivity index is 2.00. The van der Waals surface area contributed by atoms with Gasteiger partial charge in [0.1, 0.15) is 6.04 Å². The van der Waals surface area contributed by atoms with Crippen LogP contribution >= 0.6 is 0 Å². The molecule has 0 radical (unpaired) electrons. The Kier molecular flexibility index (Phi) is 3.28. The van der Waals surface area contributed by atoms with E-state index in [1.54, 1.807) is 48.5 Å². The summed E-state index contributed by atoms with van der Waals surface area (Å²) in [7, 11) is 0. The van der Waals surface area contributed by atoms with E-state index < -0.39 is 17.7 Å². The Labute approximate surface area is 121 Å². The number of aliphatic hydroxyl groups is 1. The normalized spacial score (nSPS) is 17.7. The summed E-state index contributed by atoms with van der Waals surface area (Å²) >= 11 is 0. The highest BCUT2D eigenvalue weighted by atomic mass is 16.3. The highest BCUT2D eigenvalue weighted by molar-refractivity contribution is 6.16. The molecule has 1 atom stereocenters. The van der Waals surface area contributed by atoms with Gasteiger partial charge in [0.2, 0.25) is 0 Å². The molecule has 4 nitrogen and oxygen atoms in total. The Morgan fingerprint density at radius 2 is 1.52 bits per heavy atom. The monoisotopic (exact) mass is 279 g/mol. The van der Waals surface area contributed by atoms with E-state index in [2.05, 4.69) is 0 Å². The van der Waals surface area contributed by atoms with Gasteiger partial charge >= 0.3 is 0 Å². The van der Waals surface area contributed by atoms with Crippen LogP contribution < -0.4 is 4.90 Å². The topological polar surface area (TPSA) is 57.6 Å². The molecule has 21 heavy (non-hydrogen) atoms. The second-order valence-electron chi connectivity index (χ2n) is 4.74. The second-order valence-corrected chi connectivity index (χ2v) is 4.74. The molecule has 1 heterocycles. The van der Waals surface area contributed by atoms with E-state index >= 15 is 0 Å². The first-order valence-corrected chi connectivity index (χ1v) is 6.57. The quantitative estimate of drug-likeness (QED) is 0.879. The highest BCUT2D eigenvalue weighted by Crippen LogP contribution is 2.26. The molecular formula is C17H13NO3. The van der Waals surface area contributed by atoms with Crippen LogP contribution in [0.2, 0.25) is 0 Å². The summed E-state index contributed by atoms with van der Waals surface area (Å²) in [6.45, 7) is 0. The van der Waals surface area contributed by atoms with E-state index in [1.807, 2.05) is 12.1 Å². The predicted octanol–water partition coefficient (Wildman–Crippen LogP) is 2.73. The third-order valence-corrected chi connectivity index (χ3v) is 3.39. The van der Waals surface area contributed by atoms with Gasteiger partial charge < -0.3 is 5.11 Å². The van der Waals surface area contributed by atoms with Gasteiger partial charge in [-0.25, -0.2) is 0 Å². The van der Waals surface area contributed by atoms with E-state index in [0.717, 1.165) is 0 Å². The van der Waals surface area contributed by atoms with Gasteiger partial charge in [-0.2, -0.15) is 0 Å². The number of amides is 1. The van der Waals surface area contributed by atoms with Gasteiger partial charge in [-0.05, 0) is 18.2 Å². The Morgan fingerprint density at radius 1 is 0.952 bits per heavy atom. The van der Waals surface area contributed by atoms with Gasteiger partial charge in [0.15, 0.2) is 11.5 Å². The van der Waals surface area contributed by atoms with Gasteiger partial charge in [0, 0.05) is 11.3 Å². The Bertz CT molecular complexity index is 707. The first kappa shape index (κ1) is 13.1. The van der Waals surface area contributed by atoms with Crippen molar-refractivity contribution < 1.29 is 14.7 Å². The van der Waals surface area contributed by atoms with Crippen molar-refractivity contribution >= 4 is 17.4 Å². The molecule has 1 amide bonds. The molecule has 0 bridgehead atoms. The van der Waals surface area contributed by atoms with Crippen molar-refractivity contribution in [1.82, 2.24) is 0 Å². The first-order chi connectivity index (χ1) is 10.2. The van der Waals surface area contributed by atoms with Crippen molar-refractivity contribution in [3.63, 3.8) is 0 Å². The number of benzene rings is 2. The molecule has 0 saturated heterocycles. The fraction of sp³-hybridized carbons (Fsp3) is 0.0588. The number of Topliss-reactive ketones (excluding diaryl/α,β-unsaturated/α-hetero) is 1. The molecule has 1 unspecified atom stereocenters. The van der Waals surface area contributed by atoms with Crippen LogP contribution in [0.25, 0.3) is 0 Å². The van der Waals surface area contributed by atoms with Gasteiger partial charge in [-0.15, -0.1) is 0 Å². The standard InChI is InChI=1S/C17H13NO3/c19-15-11-14(16(20)12-7-3-1-4-8-12)18(17(15)21)13-9-5-2-6-10-13/h1-11,14,19H. The molecule has 2 aromatic rings. The summed E-state index contributed by atoms with van der Waals surface area (Å²) in [5.74, 6) is -1.18. The number of aliphatic hydroxyl groups excluding tert-OH is 1. The average molecular weight is 279 g/mol. The smallest absolute Gasteiger partial charge is 0.293 e. The maximum atomic E-state index is 12.6. The van der Waals surface area contributed by atoms with Crippen LogP contribution in [0.3, 0.4) is 0 Å². The van der Waals surface area contributed by atoms with Gasteiger partial charge in [0.05, 0.1) is 0 Å². The molecule has 0 aromatic heterocycles. The maximum absolute atomic E-state index is 12.6. The zero-order chi connectivity index (χ0) is 14.8. The van der Waals surface area contributed by atoms with Crippen molar-refractivity contribution in [1.29, 1.82) is 0 Å². The summed E-state index contributed by atoms with van der Waals surface area (Å²) in [6, 6.07) is 16.8. The largest absolute Gasteiger partial charge is 0.503 e. The van der Waals surface area contributed by atoms with Crippen LogP contribution in [0.5, 0.6) is 0 Å². The highest BCUT2D eigenvalue weighted by Gasteiger charge is 2.38. The second kappa shape index (κ2) is 5.25. The minimum absolute atomic E-state index is 0.225. The molecular weight excluding hydrogens is 266 g/mol. The summed E-state index contributed by atoms with van der Waals surface area (Å²) in [6.07, 6.45) is 1.30. The summed E-state index contributed by atoms with van der Waals surface area (Å²) in [4.78, 5) is 26.0. The zero-order valence-corrected chi connectivity index (χ0v) is 11.1. The fourth-order valence-corrected chi connectivity index (χ4v) is 2.38. The van der Waals surface area contributed by atoms with Crippen LogP contribution in [-0.4, -0.2) is 22.8 Å². The number of carbonyl (C=O) groups is 2. The molecule has 0 spiro atoms. The van der Waals surface area contributed by atoms with Gasteiger partial charge in [0.25, 0.3) is 5.91 Å². The van der Waals surface area contributed by atoms with Crippen molar-refractivity contribution in [3.8, 4) is 0 Å². The lowest BCUT2D eigenvalue weighted by Gasteiger charge is -2.23. The number of ketones is 1. The zero-order valence-electron chi connectivity index (χ0n) is 11.1. The van der Waals surface area contributed by atoms with Crippen molar-refractivity contribution in [2.45, 2.75) is 6.04 Å². The van der Waals surface area contributed by atoms with E-state index in [1.165, 1.54) is 11.0 Å². The average Bonchev–Trinajstić information content (AvgIpc) is 2.84. The summed E-state index contributed by atoms with van der Waals surface area (Å²) < 4.78 is 0. The summed E-state index contributed by atoms with van der Waals surface area (Å²) in [5.41, 5.74) is 1.08. The lowest BCUT2D eigenvalue weighted by molar-refractivity contribution is -0.116. The SMILES string of the molecule is O=C(c1ccccc1)C1C=C(O)C(=O)N1c1ccccc1. The van der Waals surface area contributed by atoms with Crippen molar-refractivity contribution in [2.75, 3.05) is 4.90 Å². The first-order valence-electron chi connectivity index (χ1n) is 6.57. The van der Waals surface area contributed by atoms with Crippen LogP contribution in [0.15, 0.2) is 72.5 Å². The van der Waals surface area contributed by atoms with Crippen molar-refractivity contribution in [3.05, 3.63) is 78.1 Å². The van der Waals surface area contributed by atoms with Crippen LogP contribution in [0.4, 0.5) is 5.69 Å². The maximum Gasteiger partial charge on any atom is 0.293 e. The fourth-order valence-electron chi connectivity index (χ4n) is 2.38. The van der Waals surface area contributed by atoms with E-state index in [4.69, 9.17) is 0 Å². The number of para-hydroxylation sites is 1. The lowest BCUT2D eigenvalue weighted by atomic mass is 10.0. The summed E-state index contributed by atoms with van der Waals surface area (Å²) in [5, 5.41) is 9.71. The molecule has 0 saturated carbocycles. The number of hydrogen-bond acceptors (Lipinski definition) is 3. The number of carbonyl (C=O) groups excluding carboxylic acids is 2. The number of anilines is 1. The van der Waals surface area contributed by atoms with Crippen LogP contribution in [0.1, 0.15) is 10.4 Å². The number of hydrogen-bond donors (Lipinski definition) is 1. The molecule has 4 heteroatoms. The molecule has 2 aromatic carbocycles. The van der Waals surface area contributed by atoms with Gasteiger partial charge in [-0.1, -0.05) is 48.5 Å². The lowest BCUT2D eigenvalue weighted by Crippen LogP contribution is -2.39. The molecule has 0 aliphatic carbocycles. The van der Waals surface area contributed by atoms with Gasteiger partial charge in [-0.3, -0.25) is 14.5 Å². The predicted molar refractivity (Wildman–Crippen MR) is 79.2 cm³/mol. The molecule has 104 valence electrons. The minimum Gasteiger partial charge on any atom is -0.503 e. The minimum atomic E-state index is -0.817. The van der Waals surface area contributed by atoms with E-state index in [0.29, 0.717) is 11.3 Å². The molecule has 1 N–H and O–H groups in total. The third kappa shape index (κ3) is 2.31. The number of nitrogens with zero attached hydrogens (tertiary/aromatic N) is 1. The Hall–Kier alpha value is -2.88. The third-order valence-electron chi connectivity index (χ3n) is 3.39. The molecule has 1 aliphatic heterocycles.